The molecule has 2 rings (SSSR count). The maximum Gasteiger partial charge on any atom is 0.239 e. The molecule has 2 fully saturated rings. The fourth-order valence-corrected chi connectivity index (χ4v) is 3.32. The Morgan fingerprint density at radius 3 is 2.74 bits per heavy atom. The van der Waals surface area contributed by atoms with Gasteiger partial charge in [-0.3, -0.25) is 9.59 Å². The fraction of sp³-hybridized carbons (Fsp3) is 0.857. The third-order valence-electron chi connectivity index (χ3n) is 4.29. The Bertz CT molecular complexity index is 332. The van der Waals surface area contributed by atoms with Crippen molar-refractivity contribution in [2.45, 2.75) is 51.1 Å². The van der Waals surface area contributed by atoms with Gasteiger partial charge in [0.15, 0.2) is 0 Å². The number of rotatable bonds is 4. The van der Waals surface area contributed by atoms with Crippen LogP contribution in [0.3, 0.4) is 0 Å². The van der Waals surface area contributed by atoms with E-state index in [9.17, 15) is 9.59 Å². The third kappa shape index (κ3) is 3.47. The lowest BCUT2D eigenvalue weighted by molar-refractivity contribution is -0.136. The van der Waals surface area contributed by atoms with Gasteiger partial charge in [0.1, 0.15) is 0 Å². The summed E-state index contributed by atoms with van der Waals surface area (Å²) in [7, 11) is 1.71. The highest BCUT2D eigenvalue weighted by Gasteiger charge is 2.39. The summed E-state index contributed by atoms with van der Waals surface area (Å²) in [6.07, 6.45) is 5.92. The second kappa shape index (κ2) is 6.37. The normalized spacial score (nSPS) is 29.7. The first kappa shape index (κ1) is 14.3. The largest absolute Gasteiger partial charge is 0.355 e. The van der Waals surface area contributed by atoms with Gasteiger partial charge in [-0.2, -0.15) is 0 Å². The van der Waals surface area contributed by atoms with Crippen molar-refractivity contribution >= 4 is 11.8 Å². The average Bonchev–Trinajstić information content (AvgIpc) is 2.81. The number of amides is 2. The van der Waals surface area contributed by atoms with E-state index < -0.39 is 0 Å². The van der Waals surface area contributed by atoms with Crippen LogP contribution in [0.15, 0.2) is 0 Å². The van der Waals surface area contributed by atoms with Crippen LogP contribution >= 0.6 is 0 Å². The summed E-state index contributed by atoms with van der Waals surface area (Å²) < 4.78 is 0. The molecule has 1 aliphatic heterocycles. The topological polar surface area (TPSA) is 61.4 Å². The molecule has 1 saturated carbocycles. The van der Waals surface area contributed by atoms with Crippen molar-refractivity contribution in [1.29, 1.82) is 0 Å². The van der Waals surface area contributed by atoms with Gasteiger partial charge in [0, 0.05) is 19.6 Å². The molecule has 1 heterocycles. The number of hydrogen-bond acceptors (Lipinski definition) is 3. The van der Waals surface area contributed by atoms with Gasteiger partial charge in [0.25, 0.3) is 0 Å². The first-order valence-electron chi connectivity index (χ1n) is 7.39. The first-order valence-corrected chi connectivity index (χ1v) is 7.39. The smallest absolute Gasteiger partial charge is 0.239 e. The summed E-state index contributed by atoms with van der Waals surface area (Å²) in [5, 5.41) is 6.17. The number of likely N-dealkylation sites (N-methyl/N-ethyl adjacent to an activating group) is 2. The molecular weight excluding hydrogens is 242 g/mol. The molecule has 5 heteroatoms. The minimum atomic E-state index is -0.0903. The minimum absolute atomic E-state index is 0.0562. The van der Waals surface area contributed by atoms with Crippen LogP contribution in [0.1, 0.15) is 39.0 Å². The van der Waals surface area contributed by atoms with E-state index in [0.717, 1.165) is 6.42 Å². The van der Waals surface area contributed by atoms with Crippen molar-refractivity contribution in [3.8, 4) is 0 Å². The molecule has 108 valence electrons. The summed E-state index contributed by atoms with van der Waals surface area (Å²) in [6, 6.07) is 0.424. The number of carbonyl (C=O) groups is 2. The lowest BCUT2D eigenvalue weighted by Gasteiger charge is -2.24. The second-order valence-electron chi connectivity index (χ2n) is 5.75. The predicted molar refractivity (Wildman–Crippen MR) is 73.6 cm³/mol. The van der Waals surface area contributed by atoms with E-state index >= 15 is 0 Å². The van der Waals surface area contributed by atoms with Crippen LogP contribution in [0.4, 0.5) is 0 Å². The molecule has 1 saturated heterocycles. The molecule has 0 aromatic heterocycles. The van der Waals surface area contributed by atoms with Crippen molar-refractivity contribution in [1.82, 2.24) is 15.5 Å². The van der Waals surface area contributed by atoms with E-state index in [4.69, 9.17) is 0 Å². The molecule has 0 radical (unpaired) electrons. The Labute approximate surface area is 115 Å². The number of hydrogen-bond donors (Lipinski definition) is 2. The highest BCUT2D eigenvalue weighted by atomic mass is 16.2. The third-order valence-corrected chi connectivity index (χ3v) is 4.29. The highest BCUT2D eigenvalue weighted by Crippen LogP contribution is 2.33. The van der Waals surface area contributed by atoms with Crippen LogP contribution in [-0.4, -0.2) is 48.9 Å². The van der Waals surface area contributed by atoms with E-state index in [2.05, 4.69) is 10.6 Å². The molecule has 3 unspecified atom stereocenters. The molecule has 1 aliphatic carbocycles. The van der Waals surface area contributed by atoms with E-state index in [-0.39, 0.29) is 24.4 Å². The van der Waals surface area contributed by atoms with Gasteiger partial charge in [0.05, 0.1) is 12.6 Å². The number of fused-ring (bicyclic) bond motifs is 1. The maximum atomic E-state index is 12.3. The van der Waals surface area contributed by atoms with Crippen LogP contribution in [0.2, 0.25) is 0 Å². The van der Waals surface area contributed by atoms with E-state index in [0.29, 0.717) is 18.5 Å². The number of carbonyl (C=O) groups excluding carboxylic acids is 2. The van der Waals surface area contributed by atoms with Crippen molar-refractivity contribution in [2.24, 2.45) is 5.92 Å². The van der Waals surface area contributed by atoms with Crippen LogP contribution in [0, 0.1) is 5.92 Å². The van der Waals surface area contributed by atoms with Crippen molar-refractivity contribution in [3.63, 3.8) is 0 Å². The Morgan fingerprint density at radius 1 is 1.32 bits per heavy atom. The summed E-state index contributed by atoms with van der Waals surface area (Å²) in [5.74, 6) is 0.620. The van der Waals surface area contributed by atoms with Crippen molar-refractivity contribution in [3.05, 3.63) is 0 Å². The van der Waals surface area contributed by atoms with Crippen LogP contribution < -0.4 is 10.6 Å². The Hall–Kier alpha value is -1.10. The SMILES string of the molecule is CCNC(=O)CN(C)C(=O)C1CC2CCCCC2N1. The van der Waals surface area contributed by atoms with E-state index in [1.54, 1.807) is 11.9 Å². The minimum Gasteiger partial charge on any atom is -0.355 e. The van der Waals surface area contributed by atoms with Gasteiger partial charge in [-0.15, -0.1) is 0 Å². The summed E-state index contributed by atoms with van der Waals surface area (Å²) >= 11 is 0. The molecule has 0 bridgehead atoms. The second-order valence-corrected chi connectivity index (χ2v) is 5.75. The Balaban J connectivity index is 1.84. The van der Waals surface area contributed by atoms with Gasteiger partial charge >= 0.3 is 0 Å². The molecule has 0 aromatic carbocycles. The zero-order valence-corrected chi connectivity index (χ0v) is 11.9. The predicted octanol–water partition coefficient (Wildman–Crippen LogP) is 0.502. The maximum absolute atomic E-state index is 12.3. The molecule has 0 spiro atoms. The summed E-state index contributed by atoms with van der Waals surface area (Å²) in [5.41, 5.74) is 0. The molecule has 2 amide bonds. The van der Waals surface area contributed by atoms with Crippen LogP contribution in [0.5, 0.6) is 0 Å². The van der Waals surface area contributed by atoms with Crippen molar-refractivity contribution < 1.29 is 9.59 Å². The molecule has 0 aromatic rings. The van der Waals surface area contributed by atoms with Gasteiger partial charge < -0.3 is 15.5 Å². The number of nitrogens with zero attached hydrogens (tertiary/aromatic N) is 1. The molecular formula is C14H25N3O2. The lowest BCUT2D eigenvalue weighted by Crippen LogP contribution is -2.47. The van der Waals surface area contributed by atoms with Gasteiger partial charge in [-0.25, -0.2) is 0 Å². The molecule has 5 nitrogen and oxygen atoms in total. The van der Waals surface area contributed by atoms with E-state index in [1.807, 2.05) is 6.92 Å². The average molecular weight is 267 g/mol. The Morgan fingerprint density at radius 2 is 2.05 bits per heavy atom. The van der Waals surface area contributed by atoms with Gasteiger partial charge in [0.2, 0.25) is 11.8 Å². The first-order chi connectivity index (χ1) is 9.11. The molecule has 2 N–H and O–H groups in total. The Kier molecular flexibility index (Phi) is 4.80. The fourth-order valence-electron chi connectivity index (χ4n) is 3.32. The van der Waals surface area contributed by atoms with Crippen LogP contribution in [-0.2, 0) is 9.59 Å². The number of nitrogens with one attached hydrogen (secondary N) is 2. The summed E-state index contributed by atoms with van der Waals surface area (Å²) in [4.78, 5) is 25.4. The lowest BCUT2D eigenvalue weighted by atomic mass is 9.85. The van der Waals surface area contributed by atoms with Gasteiger partial charge in [-0.1, -0.05) is 12.8 Å². The van der Waals surface area contributed by atoms with Crippen molar-refractivity contribution in [2.75, 3.05) is 20.1 Å². The zero-order chi connectivity index (χ0) is 13.8. The molecule has 2 aliphatic rings. The van der Waals surface area contributed by atoms with E-state index in [1.165, 1.54) is 25.7 Å². The molecule has 19 heavy (non-hydrogen) atoms. The standard InChI is InChI=1S/C14H25N3O2/c1-3-15-13(18)9-17(2)14(19)12-8-10-6-4-5-7-11(10)16-12/h10-12,16H,3-9H2,1-2H3,(H,15,18). The molecule has 3 atom stereocenters. The quantitative estimate of drug-likeness (QED) is 0.780. The summed E-state index contributed by atoms with van der Waals surface area (Å²) in [6.45, 7) is 2.63. The van der Waals surface area contributed by atoms with Crippen LogP contribution in [0.25, 0.3) is 0 Å². The monoisotopic (exact) mass is 267 g/mol. The highest BCUT2D eigenvalue weighted by molar-refractivity contribution is 5.87. The van der Waals surface area contributed by atoms with Gasteiger partial charge in [-0.05, 0) is 32.1 Å². The zero-order valence-electron chi connectivity index (χ0n) is 11.9.